The van der Waals surface area contributed by atoms with E-state index in [0.717, 1.165) is 0 Å². The molecule has 1 aromatic rings. The highest BCUT2D eigenvalue weighted by molar-refractivity contribution is 6.00. The van der Waals surface area contributed by atoms with Crippen LogP contribution in [0.2, 0.25) is 0 Å². The second kappa shape index (κ2) is 8.83. The molecule has 0 spiro atoms. The molecule has 0 aliphatic rings. The zero-order valence-electron chi connectivity index (χ0n) is 16.4. The number of ether oxygens (including phenoxy) is 3. The van der Waals surface area contributed by atoms with Crippen LogP contribution in [-0.4, -0.2) is 36.7 Å². The quantitative estimate of drug-likeness (QED) is 0.419. The molecule has 1 aromatic carbocycles. The molecule has 0 atom stereocenters. The molecule has 6 heteroatoms. The molecular formula is C20H28O6. The van der Waals surface area contributed by atoms with E-state index in [4.69, 9.17) is 14.2 Å². The number of benzene rings is 1. The SMILES string of the molecule is CCOC(=O)C(C)(Cc1ccc(C(=O)OC(C)(C)C)cc1)C(=O)OCC. The van der Waals surface area contributed by atoms with Gasteiger partial charge in [0.1, 0.15) is 5.60 Å². The average molecular weight is 364 g/mol. The maximum absolute atomic E-state index is 12.3. The molecule has 1 rings (SSSR count). The Balaban J connectivity index is 3.00. The molecule has 0 saturated heterocycles. The van der Waals surface area contributed by atoms with Gasteiger partial charge >= 0.3 is 17.9 Å². The van der Waals surface area contributed by atoms with E-state index in [1.54, 1.807) is 58.9 Å². The van der Waals surface area contributed by atoms with Crippen molar-refractivity contribution in [2.45, 2.75) is 53.6 Å². The van der Waals surface area contributed by atoms with E-state index < -0.39 is 28.9 Å². The second-order valence-corrected chi connectivity index (χ2v) is 7.15. The highest BCUT2D eigenvalue weighted by Gasteiger charge is 2.44. The summed E-state index contributed by atoms with van der Waals surface area (Å²) in [5.41, 5.74) is -0.916. The third-order valence-corrected chi connectivity index (χ3v) is 3.60. The Morgan fingerprint density at radius 3 is 1.69 bits per heavy atom. The molecule has 0 aromatic heterocycles. The first-order valence-corrected chi connectivity index (χ1v) is 8.70. The molecule has 144 valence electrons. The van der Waals surface area contributed by atoms with Crippen molar-refractivity contribution in [3.63, 3.8) is 0 Å². The minimum atomic E-state index is -1.44. The molecule has 0 bridgehead atoms. The molecule has 0 aliphatic carbocycles. The Hall–Kier alpha value is -2.37. The molecule has 0 heterocycles. The maximum Gasteiger partial charge on any atom is 0.338 e. The lowest BCUT2D eigenvalue weighted by atomic mass is 9.83. The topological polar surface area (TPSA) is 78.9 Å². The monoisotopic (exact) mass is 364 g/mol. The van der Waals surface area contributed by atoms with Gasteiger partial charge in [0.15, 0.2) is 5.41 Å². The molecule has 6 nitrogen and oxygen atoms in total. The molecular weight excluding hydrogens is 336 g/mol. The fourth-order valence-electron chi connectivity index (χ4n) is 2.31. The van der Waals surface area contributed by atoms with Crippen LogP contribution in [0.4, 0.5) is 0 Å². The summed E-state index contributed by atoms with van der Waals surface area (Å²) in [4.78, 5) is 36.7. The lowest BCUT2D eigenvalue weighted by Crippen LogP contribution is -2.41. The Labute approximate surface area is 154 Å². The zero-order valence-corrected chi connectivity index (χ0v) is 16.4. The van der Waals surface area contributed by atoms with Crippen LogP contribution < -0.4 is 0 Å². The van der Waals surface area contributed by atoms with Gasteiger partial charge in [-0.3, -0.25) is 9.59 Å². The van der Waals surface area contributed by atoms with Crippen molar-refractivity contribution in [3.05, 3.63) is 35.4 Å². The Bertz CT molecular complexity index is 621. The predicted octanol–water partition coefficient (Wildman–Crippen LogP) is 3.32. The van der Waals surface area contributed by atoms with Crippen molar-refractivity contribution >= 4 is 17.9 Å². The van der Waals surface area contributed by atoms with Crippen LogP contribution in [-0.2, 0) is 30.2 Å². The lowest BCUT2D eigenvalue weighted by molar-refractivity contribution is -0.170. The molecule has 0 amide bonds. The van der Waals surface area contributed by atoms with E-state index in [0.29, 0.717) is 11.1 Å². The minimum Gasteiger partial charge on any atom is -0.465 e. The largest absolute Gasteiger partial charge is 0.465 e. The number of hydrogen-bond donors (Lipinski definition) is 0. The number of carbonyl (C=O) groups excluding carboxylic acids is 3. The molecule has 0 fully saturated rings. The van der Waals surface area contributed by atoms with Crippen molar-refractivity contribution in [3.8, 4) is 0 Å². The standard InChI is InChI=1S/C20H28O6/c1-7-24-17(22)20(6,18(23)25-8-2)13-14-9-11-15(12-10-14)16(21)26-19(3,4)5/h9-12H,7-8,13H2,1-6H3. The summed E-state index contributed by atoms with van der Waals surface area (Å²) in [7, 11) is 0. The van der Waals surface area contributed by atoms with Gasteiger partial charge < -0.3 is 14.2 Å². The molecule has 0 radical (unpaired) electrons. The number of esters is 3. The molecule has 0 aliphatic heterocycles. The summed E-state index contributed by atoms with van der Waals surface area (Å²) in [6, 6.07) is 6.60. The van der Waals surface area contributed by atoms with Crippen molar-refractivity contribution in [2.75, 3.05) is 13.2 Å². The van der Waals surface area contributed by atoms with Gasteiger partial charge in [-0.05, 0) is 65.7 Å². The highest BCUT2D eigenvalue weighted by atomic mass is 16.6. The van der Waals surface area contributed by atoms with Gasteiger partial charge in [-0.15, -0.1) is 0 Å². The number of rotatable bonds is 7. The van der Waals surface area contributed by atoms with Crippen molar-refractivity contribution in [2.24, 2.45) is 5.41 Å². The van der Waals surface area contributed by atoms with Crippen LogP contribution in [0.1, 0.15) is 57.5 Å². The van der Waals surface area contributed by atoms with Crippen molar-refractivity contribution in [1.82, 2.24) is 0 Å². The smallest absolute Gasteiger partial charge is 0.338 e. The van der Waals surface area contributed by atoms with Gasteiger partial charge in [0.05, 0.1) is 18.8 Å². The van der Waals surface area contributed by atoms with Gasteiger partial charge in [0, 0.05) is 0 Å². The van der Waals surface area contributed by atoms with Crippen LogP contribution in [0.25, 0.3) is 0 Å². The van der Waals surface area contributed by atoms with Crippen LogP contribution >= 0.6 is 0 Å². The summed E-state index contributed by atoms with van der Waals surface area (Å²) in [6.07, 6.45) is 0.110. The van der Waals surface area contributed by atoms with Crippen LogP contribution in [0, 0.1) is 5.41 Å². The number of hydrogen-bond acceptors (Lipinski definition) is 6. The average Bonchev–Trinajstić information content (AvgIpc) is 2.54. The molecule has 0 saturated carbocycles. The van der Waals surface area contributed by atoms with E-state index in [2.05, 4.69) is 0 Å². The Morgan fingerprint density at radius 1 is 0.846 bits per heavy atom. The summed E-state index contributed by atoms with van der Waals surface area (Å²) >= 11 is 0. The number of carbonyl (C=O) groups is 3. The molecule has 0 N–H and O–H groups in total. The summed E-state index contributed by atoms with van der Waals surface area (Å²) in [5.74, 6) is -1.69. The summed E-state index contributed by atoms with van der Waals surface area (Å²) < 4.78 is 15.4. The normalized spacial score (nSPS) is 11.6. The summed E-state index contributed by atoms with van der Waals surface area (Å²) in [5, 5.41) is 0. The minimum absolute atomic E-state index is 0.110. The zero-order chi connectivity index (χ0) is 20.0. The highest BCUT2D eigenvalue weighted by Crippen LogP contribution is 2.27. The Morgan fingerprint density at radius 2 is 1.31 bits per heavy atom. The van der Waals surface area contributed by atoms with Crippen LogP contribution in [0.5, 0.6) is 0 Å². The van der Waals surface area contributed by atoms with Gasteiger partial charge in [0.2, 0.25) is 0 Å². The molecule has 26 heavy (non-hydrogen) atoms. The Kier molecular flexibility index (Phi) is 7.36. The van der Waals surface area contributed by atoms with Gasteiger partial charge in [-0.1, -0.05) is 12.1 Å². The summed E-state index contributed by atoms with van der Waals surface area (Å²) in [6.45, 7) is 10.6. The van der Waals surface area contributed by atoms with E-state index in [1.165, 1.54) is 6.92 Å². The lowest BCUT2D eigenvalue weighted by Gasteiger charge is -2.25. The van der Waals surface area contributed by atoms with Crippen LogP contribution in [0.15, 0.2) is 24.3 Å². The van der Waals surface area contributed by atoms with E-state index in [1.807, 2.05) is 0 Å². The van der Waals surface area contributed by atoms with Gasteiger partial charge in [-0.25, -0.2) is 4.79 Å². The first-order chi connectivity index (χ1) is 12.0. The van der Waals surface area contributed by atoms with E-state index in [9.17, 15) is 14.4 Å². The first-order valence-electron chi connectivity index (χ1n) is 8.70. The van der Waals surface area contributed by atoms with Crippen LogP contribution in [0.3, 0.4) is 0 Å². The van der Waals surface area contributed by atoms with Crippen molar-refractivity contribution < 1.29 is 28.6 Å². The molecule has 0 unspecified atom stereocenters. The van der Waals surface area contributed by atoms with Gasteiger partial charge in [-0.2, -0.15) is 0 Å². The first kappa shape index (κ1) is 21.7. The third-order valence-electron chi connectivity index (χ3n) is 3.60. The fraction of sp³-hybridized carbons (Fsp3) is 0.550. The second-order valence-electron chi connectivity index (χ2n) is 7.15. The predicted molar refractivity (Wildman–Crippen MR) is 96.7 cm³/mol. The third kappa shape index (κ3) is 5.86. The van der Waals surface area contributed by atoms with Crippen molar-refractivity contribution in [1.29, 1.82) is 0 Å². The van der Waals surface area contributed by atoms with Gasteiger partial charge in [0.25, 0.3) is 0 Å². The van der Waals surface area contributed by atoms with E-state index >= 15 is 0 Å². The maximum atomic E-state index is 12.3. The fourth-order valence-corrected chi connectivity index (χ4v) is 2.31. The van der Waals surface area contributed by atoms with E-state index in [-0.39, 0.29) is 19.6 Å².